The van der Waals surface area contributed by atoms with Crippen LogP contribution in [0.4, 0.5) is 20.5 Å². The van der Waals surface area contributed by atoms with Gasteiger partial charge in [0.25, 0.3) is 0 Å². The number of anilines is 2. The molecule has 1 N–H and O–H groups in total. The highest BCUT2D eigenvalue weighted by molar-refractivity contribution is 14.2. The number of hydrogen-bond donors (Lipinski definition) is 2. The van der Waals surface area contributed by atoms with Gasteiger partial charge in [-0.2, -0.15) is 0 Å². The standard InChI is InChI=1S/C29H32F2N8O.C2H6.HIS/c1-17-33-28-21(30)12-19(13-24(28)39(17)20-6-4-5-7-20)27-22(31)14-32-29(36-27)35-25-9-8-18-15-38(11-10-23(18)34-25)26(40)16-37(2)3;2*1-2/h8-9,12-14,20H,4-7,10-11,15-16H2,1-3H3,(H,32,34,35,36);1-2H3;2H. The number of rotatable bonds is 6. The number of halogens is 3. The van der Waals surface area contributed by atoms with E-state index in [4.69, 9.17) is 4.98 Å². The molecule has 0 unspecified atom stereocenters. The number of likely N-dealkylation sites (N-methyl/N-ethyl adjacent to an activating group) is 1. The molecule has 1 aliphatic heterocycles. The van der Waals surface area contributed by atoms with E-state index >= 15 is 4.39 Å². The van der Waals surface area contributed by atoms with E-state index in [9.17, 15) is 9.18 Å². The van der Waals surface area contributed by atoms with Crippen molar-refractivity contribution < 1.29 is 13.6 Å². The fourth-order valence-corrected chi connectivity index (χ4v) is 5.84. The molecule has 1 fully saturated rings. The molecule has 44 heavy (non-hydrogen) atoms. The fraction of sp³-hybridized carbons (Fsp3) is 0.452. The quantitative estimate of drug-likeness (QED) is 0.162. The number of nitrogens with one attached hydrogen (secondary N) is 1. The first kappa shape index (κ1) is 34.0. The van der Waals surface area contributed by atoms with Crippen molar-refractivity contribution in [2.45, 2.75) is 65.5 Å². The summed E-state index contributed by atoms with van der Waals surface area (Å²) in [4.78, 5) is 33.8. The Balaban J connectivity index is 0.00000106. The average Bonchev–Trinajstić information content (AvgIpc) is 3.67. The number of benzene rings is 1. The van der Waals surface area contributed by atoms with Crippen LogP contribution in [0.25, 0.3) is 22.3 Å². The molecule has 1 amide bonds. The van der Waals surface area contributed by atoms with Crippen molar-refractivity contribution in [2.24, 2.45) is 0 Å². The van der Waals surface area contributed by atoms with Crippen molar-refractivity contribution >= 4 is 59.7 Å². The minimum Gasteiger partial charge on any atom is -0.337 e. The molecule has 4 aromatic rings. The van der Waals surface area contributed by atoms with Gasteiger partial charge in [-0.3, -0.25) is 4.79 Å². The Bertz CT molecular complexity index is 1610. The lowest BCUT2D eigenvalue weighted by Crippen LogP contribution is -2.41. The summed E-state index contributed by atoms with van der Waals surface area (Å²) in [5.41, 5.74) is 3.16. The number of hydrogen-bond acceptors (Lipinski definition) is 8. The third-order valence-corrected chi connectivity index (χ3v) is 7.72. The molecule has 9 nitrogen and oxygen atoms in total. The molecule has 3 aromatic heterocycles. The van der Waals surface area contributed by atoms with Crippen molar-refractivity contribution in [2.75, 3.05) is 32.5 Å². The van der Waals surface area contributed by atoms with Crippen LogP contribution in [-0.2, 0) is 17.8 Å². The predicted molar refractivity (Wildman–Crippen MR) is 182 cm³/mol. The van der Waals surface area contributed by atoms with Crippen LogP contribution in [0.3, 0.4) is 0 Å². The van der Waals surface area contributed by atoms with E-state index in [1.54, 1.807) is 12.1 Å². The first-order valence-electron chi connectivity index (χ1n) is 14.8. The monoisotopic (exact) mass is 736 g/mol. The summed E-state index contributed by atoms with van der Waals surface area (Å²) in [5.74, 6) is 0.362. The third-order valence-electron chi connectivity index (χ3n) is 7.72. The average molecular weight is 737 g/mol. The summed E-state index contributed by atoms with van der Waals surface area (Å²) in [6.07, 6.45) is 6.01. The highest BCUT2D eigenvalue weighted by atomic mass is 127. The van der Waals surface area contributed by atoms with E-state index in [1.807, 2.05) is 71.9 Å². The second-order valence-corrected chi connectivity index (χ2v) is 10.9. The van der Waals surface area contributed by atoms with Gasteiger partial charge in [0, 0.05) is 36.8 Å². The van der Waals surface area contributed by atoms with Gasteiger partial charge in [-0.15, -0.1) is 9.80 Å². The third kappa shape index (κ3) is 7.48. The zero-order chi connectivity index (χ0) is 32.0. The molecule has 1 saturated carbocycles. The number of imidazole rings is 1. The molecule has 0 spiro atoms. The maximum absolute atomic E-state index is 15.2. The lowest BCUT2D eigenvalue weighted by Gasteiger charge is -2.29. The van der Waals surface area contributed by atoms with E-state index in [0.29, 0.717) is 48.5 Å². The molecule has 4 heterocycles. The Morgan fingerprint density at radius 1 is 1.09 bits per heavy atom. The van der Waals surface area contributed by atoms with Gasteiger partial charge in [0.05, 0.1) is 18.3 Å². The molecule has 0 atom stereocenters. The number of carbonyl (C=O) groups excluding carboxylic acids is 1. The van der Waals surface area contributed by atoms with Gasteiger partial charge in [0.1, 0.15) is 22.9 Å². The highest BCUT2D eigenvalue weighted by Gasteiger charge is 2.25. The largest absolute Gasteiger partial charge is 0.337 e. The van der Waals surface area contributed by atoms with Gasteiger partial charge in [0.2, 0.25) is 11.9 Å². The predicted octanol–water partition coefficient (Wildman–Crippen LogP) is 7.07. The summed E-state index contributed by atoms with van der Waals surface area (Å²) in [6.45, 7) is 7.36. The van der Waals surface area contributed by atoms with Crippen molar-refractivity contribution in [1.29, 1.82) is 0 Å². The number of nitrogens with zero attached hydrogens (tertiary/aromatic N) is 7. The summed E-state index contributed by atoms with van der Waals surface area (Å²) < 4.78 is 32.3. The number of aromatic nitrogens is 5. The molecule has 1 aromatic carbocycles. The van der Waals surface area contributed by atoms with Crippen LogP contribution in [0.1, 0.15) is 62.7 Å². The Morgan fingerprint density at radius 3 is 2.52 bits per heavy atom. The summed E-state index contributed by atoms with van der Waals surface area (Å²) in [5, 5.41) is 3.07. The lowest BCUT2D eigenvalue weighted by molar-refractivity contribution is -0.132. The van der Waals surface area contributed by atoms with Crippen LogP contribution in [0.5, 0.6) is 0 Å². The number of thiol groups is 1. The first-order chi connectivity index (χ1) is 21.3. The minimum absolute atomic E-state index is 0.00290. The molecule has 6 rings (SSSR count). The number of aryl methyl sites for hydroxylation is 1. The number of pyridine rings is 1. The molecule has 13 heteroatoms. The van der Waals surface area contributed by atoms with Crippen molar-refractivity contribution in [3.05, 3.63) is 59.2 Å². The van der Waals surface area contributed by atoms with Gasteiger partial charge in [-0.25, -0.2) is 28.7 Å². The maximum Gasteiger partial charge on any atom is 0.237 e. The molecule has 0 radical (unpaired) electrons. The zero-order valence-corrected chi connectivity index (χ0v) is 28.8. The van der Waals surface area contributed by atoms with E-state index in [-0.39, 0.29) is 23.6 Å². The summed E-state index contributed by atoms with van der Waals surface area (Å²) in [7, 11) is 7.25. The summed E-state index contributed by atoms with van der Waals surface area (Å²) in [6, 6.07) is 7.04. The van der Waals surface area contributed by atoms with E-state index < -0.39 is 11.6 Å². The molecule has 2 aliphatic rings. The second kappa shape index (κ2) is 15.4. The van der Waals surface area contributed by atoms with Crippen LogP contribution in [-0.4, -0.2) is 67.4 Å². The molecule has 236 valence electrons. The molecular weight excluding hydrogens is 697 g/mol. The Kier molecular flexibility index (Phi) is 11.9. The van der Waals surface area contributed by atoms with Gasteiger partial charge in [-0.1, -0.05) is 32.8 Å². The second-order valence-electron chi connectivity index (χ2n) is 10.9. The topological polar surface area (TPSA) is 92.1 Å². The van der Waals surface area contributed by atoms with Crippen molar-refractivity contribution in [3.63, 3.8) is 0 Å². The van der Waals surface area contributed by atoms with Crippen LogP contribution in [0.15, 0.2) is 30.5 Å². The van der Waals surface area contributed by atoms with Gasteiger partial charge >= 0.3 is 0 Å². The van der Waals surface area contributed by atoms with Crippen molar-refractivity contribution in [1.82, 2.24) is 34.3 Å². The minimum atomic E-state index is -0.645. The molecular formula is C31H39F2IN8OS. The Hall–Kier alpha value is -2.91. The van der Waals surface area contributed by atoms with E-state index in [2.05, 4.69) is 34.6 Å². The molecule has 1 aliphatic carbocycles. The number of carbonyl (C=O) groups is 1. The highest BCUT2D eigenvalue weighted by Crippen LogP contribution is 2.36. The normalized spacial score (nSPS) is 14.5. The summed E-state index contributed by atoms with van der Waals surface area (Å²) >= 11 is 1.84. The SMILES string of the molecule is CC.Cc1nc2c(F)cc(-c3nc(Nc4ccc5c(n4)CCN(C(=O)CN(C)C)C5)ncc3F)cc2n1C1CCCC1.SI. The molecule has 0 saturated heterocycles. The number of amides is 1. The van der Waals surface area contributed by atoms with Crippen LogP contribution in [0, 0.1) is 18.6 Å². The van der Waals surface area contributed by atoms with E-state index in [0.717, 1.165) is 49.0 Å². The number of fused-ring (bicyclic) bond motifs is 2. The maximum atomic E-state index is 15.2. The first-order valence-corrected chi connectivity index (χ1v) is 18.1. The smallest absolute Gasteiger partial charge is 0.237 e. The van der Waals surface area contributed by atoms with Crippen molar-refractivity contribution in [3.8, 4) is 11.3 Å². The molecule has 0 bridgehead atoms. The van der Waals surface area contributed by atoms with Gasteiger partial charge in [0.15, 0.2) is 11.6 Å². The van der Waals surface area contributed by atoms with Crippen LogP contribution in [0.2, 0.25) is 0 Å². The lowest BCUT2D eigenvalue weighted by atomic mass is 10.1. The Labute approximate surface area is 274 Å². The van der Waals surface area contributed by atoms with Gasteiger partial charge in [-0.05, 0) is 78.8 Å². The van der Waals surface area contributed by atoms with Crippen LogP contribution < -0.4 is 5.32 Å². The Morgan fingerprint density at radius 2 is 1.82 bits per heavy atom. The fourth-order valence-electron chi connectivity index (χ4n) is 5.84. The van der Waals surface area contributed by atoms with Crippen LogP contribution >= 0.6 is 31.0 Å². The van der Waals surface area contributed by atoms with Gasteiger partial charge < -0.3 is 19.7 Å². The zero-order valence-electron chi connectivity index (χ0n) is 25.7. The van der Waals surface area contributed by atoms with E-state index in [1.165, 1.54) is 6.07 Å².